The fraction of sp³-hybridized carbons (Fsp3) is 0.500. The van der Waals surface area contributed by atoms with E-state index in [-0.39, 0.29) is 6.04 Å². The third kappa shape index (κ3) is 2.60. The van der Waals surface area contributed by atoms with Crippen LogP contribution in [0.3, 0.4) is 0 Å². The normalized spacial score (nSPS) is 20.4. The fourth-order valence-electron chi connectivity index (χ4n) is 2.88. The minimum atomic E-state index is -3.51. The van der Waals surface area contributed by atoms with Gasteiger partial charge in [-0.3, -0.25) is 0 Å². The summed E-state index contributed by atoms with van der Waals surface area (Å²) in [7, 11) is -1.62. The zero-order valence-corrected chi connectivity index (χ0v) is 14.5. The summed E-state index contributed by atoms with van der Waals surface area (Å²) >= 11 is 1.52. The summed E-state index contributed by atoms with van der Waals surface area (Å²) in [5, 5.41) is 3.27. The van der Waals surface area contributed by atoms with E-state index in [0.29, 0.717) is 24.5 Å². The summed E-state index contributed by atoms with van der Waals surface area (Å²) in [5.41, 5.74) is 0. The first kappa shape index (κ1) is 15.7. The Balaban J connectivity index is 2.04. The van der Waals surface area contributed by atoms with E-state index in [1.165, 1.54) is 11.3 Å². The molecule has 0 bridgehead atoms. The van der Waals surface area contributed by atoms with Crippen molar-refractivity contribution in [3.63, 3.8) is 0 Å². The zero-order chi connectivity index (χ0) is 15.9. The molecule has 1 aliphatic rings. The highest BCUT2D eigenvalue weighted by atomic mass is 32.2. The number of piperazine rings is 1. The molecule has 8 heteroatoms. The van der Waals surface area contributed by atoms with E-state index >= 15 is 0 Å². The van der Waals surface area contributed by atoms with Gasteiger partial charge in [-0.25, -0.2) is 13.4 Å². The molecular formula is C14H20N4O2S2. The van der Waals surface area contributed by atoms with Gasteiger partial charge in [0.25, 0.3) is 0 Å². The summed E-state index contributed by atoms with van der Waals surface area (Å²) in [6.45, 7) is 5.48. The topological polar surface area (TPSA) is 67.2 Å². The van der Waals surface area contributed by atoms with Crippen LogP contribution in [0.4, 0.5) is 0 Å². The van der Waals surface area contributed by atoms with E-state index in [2.05, 4.69) is 10.3 Å². The lowest BCUT2D eigenvalue weighted by atomic mass is 10.2. The first-order valence-electron chi connectivity index (χ1n) is 7.18. The number of nitrogens with zero attached hydrogens (tertiary/aromatic N) is 3. The minimum absolute atomic E-state index is 0.279. The van der Waals surface area contributed by atoms with Crippen molar-refractivity contribution < 1.29 is 8.42 Å². The predicted molar refractivity (Wildman–Crippen MR) is 86.5 cm³/mol. The molecular weight excluding hydrogens is 320 g/mol. The molecule has 1 N–H and O–H groups in total. The lowest BCUT2D eigenvalue weighted by Gasteiger charge is -2.34. The van der Waals surface area contributed by atoms with Gasteiger partial charge in [0.15, 0.2) is 0 Å². The molecule has 0 radical (unpaired) electrons. The van der Waals surface area contributed by atoms with Crippen LogP contribution >= 0.6 is 11.3 Å². The fourth-order valence-corrected chi connectivity index (χ4v) is 5.99. The van der Waals surface area contributed by atoms with Gasteiger partial charge in [0.05, 0.1) is 10.9 Å². The van der Waals surface area contributed by atoms with Crippen molar-refractivity contribution in [3.05, 3.63) is 34.0 Å². The van der Waals surface area contributed by atoms with Gasteiger partial charge in [-0.1, -0.05) is 0 Å². The molecule has 3 rings (SSSR count). The Morgan fingerprint density at radius 1 is 1.41 bits per heavy atom. The van der Waals surface area contributed by atoms with Gasteiger partial charge < -0.3 is 9.88 Å². The Hall–Kier alpha value is -1.22. The van der Waals surface area contributed by atoms with Gasteiger partial charge >= 0.3 is 0 Å². The highest BCUT2D eigenvalue weighted by Crippen LogP contribution is 2.32. The summed E-state index contributed by atoms with van der Waals surface area (Å²) in [6, 6.07) is 1.49. The smallest absolute Gasteiger partial charge is 0.244 e. The summed E-state index contributed by atoms with van der Waals surface area (Å²) in [4.78, 5) is 6.63. The monoisotopic (exact) mass is 340 g/mol. The molecule has 2 aromatic heterocycles. The van der Waals surface area contributed by atoms with Gasteiger partial charge in [0.2, 0.25) is 10.0 Å². The minimum Gasteiger partial charge on any atom is -0.337 e. The molecule has 22 heavy (non-hydrogen) atoms. The SMILES string of the molecule is Cc1cc(S(=O)(=O)N2CCNCC2c2nccn2C)c(C)s1. The first-order chi connectivity index (χ1) is 10.4. The average molecular weight is 340 g/mol. The van der Waals surface area contributed by atoms with E-state index in [9.17, 15) is 8.42 Å². The number of aryl methyl sites for hydroxylation is 3. The van der Waals surface area contributed by atoms with Crippen LogP contribution in [0.25, 0.3) is 0 Å². The Kier molecular flexibility index (Phi) is 4.11. The molecule has 0 spiro atoms. The summed E-state index contributed by atoms with van der Waals surface area (Å²) in [5.74, 6) is 0.764. The highest BCUT2D eigenvalue weighted by molar-refractivity contribution is 7.89. The number of nitrogens with one attached hydrogen (secondary N) is 1. The first-order valence-corrected chi connectivity index (χ1v) is 9.43. The molecule has 1 atom stereocenters. The van der Waals surface area contributed by atoms with Crippen molar-refractivity contribution in [2.75, 3.05) is 19.6 Å². The van der Waals surface area contributed by atoms with Crippen molar-refractivity contribution in [3.8, 4) is 0 Å². The Morgan fingerprint density at radius 2 is 2.18 bits per heavy atom. The van der Waals surface area contributed by atoms with Crippen LogP contribution in [-0.4, -0.2) is 41.9 Å². The van der Waals surface area contributed by atoms with E-state index in [0.717, 1.165) is 15.6 Å². The second-order valence-corrected chi connectivity index (χ2v) is 8.83. The molecule has 1 aliphatic heterocycles. The number of aromatic nitrogens is 2. The van der Waals surface area contributed by atoms with Crippen LogP contribution in [0.2, 0.25) is 0 Å². The van der Waals surface area contributed by atoms with Crippen LogP contribution < -0.4 is 5.32 Å². The van der Waals surface area contributed by atoms with Crippen LogP contribution in [-0.2, 0) is 17.1 Å². The molecule has 0 aromatic carbocycles. The van der Waals surface area contributed by atoms with E-state index in [4.69, 9.17) is 0 Å². The molecule has 0 saturated carbocycles. The number of rotatable bonds is 3. The predicted octanol–water partition coefficient (Wildman–Crippen LogP) is 1.43. The molecule has 6 nitrogen and oxygen atoms in total. The zero-order valence-electron chi connectivity index (χ0n) is 12.9. The van der Waals surface area contributed by atoms with Crippen molar-refractivity contribution in [2.24, 2.45) is 7.05 Å². The average Bonchev–Trinajstić information content (AvgIpc) is 3.04. The molecule has 1 saturated heterocycles. The Bertz CT molecular complexity index is 779. The molecule has 1 unspecified atom stereocenters. The third-order valence-electron chi connectivity index (χ3n) is 3.93. The second-order valence-electron chi connectivity index (χ2n) is 5.51. The summed E-state index contributed by atoms with van der Waals surface area (Å²) in [6.07, 6.45) is 3.55. The Labute approximate surface area is 134 Å². The van der Waals surface area contributed by atoms with Crippen LogP contribution in [0.1, 0.15) is 21.6 Å². The highest BCUT2D eigenvalue weighted by Gasteiger charge is 2.37. The molecule has 1 fully saturated rings. The lowest BCUT2D eigenvalue weighted by Crippen LogP contribution is -2.49. The van der Waals surface area contributed by atoms with Crippen LogP contribution in [0.5, 0.6) is 0 Å². The van der Waals surface area contributed by atoms with Crippen molar-refractivity contribution in [1.82, 2.24) is 19.2 Å². The van der Waals surface area contributed by atoms with Gasteiger partial charge in [-0.05, 0) is 19.9 Å². The van der Waals surface area contributed by atoms with Crippen LogP contribution in [0.15, 0.2) is 23.4 Å². The van der Waals surface area contributed by atoms with Gasteiger partial charge in [-0.15, -0.1) is 11.3 Å². The number of imidazole rings is 1. The Morgan fingerprint density at radius 3 is 2.77 bits per heavy atom. The third-order valence-corrected chi connectivity index (χ3v) is 7.06. The maximum atomic E-state index is 13.1. The number of thiophene rings is 1. The van der Waals surface area contributed by atoms with Crippen molar-refractivity contribution >= 4 is 21.4 Å². The standard InChI is InChI=1S/C14H20N4O2S2/c1-10-8-13(11(2)21-10)22(19,20)18-7-4-15-9-12(18)14-16-5-6-17(14)3/h5-6,8,12,15H,4,7,9H2,1-3H3. The van der Waals surface area contributed by atoms with Gasteiger partial charge in [-0.2, -0.15) is 4.31 Å². The summed E-state index contributed by atoms with van der Waals surface area (Å²) < 4.78 is 29.7. The number of hydrogen-bond acceptors (Lipinski definition) is 5. The number of sulfonamides is 1. The van der Waals surface area contributed by atoms with Crippen LogP contribution in [0, 0.1) is 13.8 Å². The number of hydrogen-bond donors (Lipinski definition) is 1. The molecule has 120 valence electrons. The van der Waals surface area contributed by atoms with Gasteiger partial charge in [0.1, 0.15) is 5.82 Å². The lowest BCUT2D eigenvalue weighted by molar-refractivity contribution is 0.258. The maximum Gasteiger partial charge on any atom is 0.244 e. The molecule has 2 aromatic rings. The largest absolute Gasteiger partial charge is 0.337 e. The van der Waals surface area contributed by atoms with Gasteiger partial charge in [0, 0.05) is 48.8 Å². The maximum absolute atomic E-state index is 13.1. The van der Waals surface area contributed by atoms with E-state index in [1.807, 2.05) is 31.7 Å². The van der Waals surface area contributed by atoms with E-state index in [1.54, 1.807) is 16.6 Å². The molecule has 3 heterocycles. The quantitative estimate of drug-likeness (QED) is 0.918. The second kappa shape index (κ2) is 5.77. The van der Waals surface area contributed by atoms with Crippen molar-refractivity contribution in [1.29, 1.82) is 0 Å². The van der Waals surface area contributed by atoms with E-state index < -0.39 is 10.0 Å². The molecule has 0 amide bonds. The molecule has 0 aliphatic carbocycles. The van der Waals surface area contributed by atoms with Crippen molar-refractivity contribution in [2.45, 2.75) is 24.8 Å².